The Kier molecular flexibility index (Phi) is 4.46. The monoisotopic (exact) mass is 368 g/mol. The van der Waals surface area contributed by atoms with E-state index in [-0.39, 0.29) is 11.8 Å². The van der Waals surface area contributed by atoms with Gasteiger partial charge in [-0.25, -0.2) is 4.98 Å². The topological polar surface area (TPSA) is 67.2 Å². The molecule has 0 saturated carbocycles. The van der Waals surface area contributed by atoms with Crippen LogP contribution in [0.1, 0.15) is 30.1 Å². The molecule has 1 aromatic carbocycles. The lowest BCUT2D eigenvalue weighted by atomic mass is 10.2. The van der Waals surface area contributed by atoms with E-state index in [1.807, 2.05) is 46.1 Å². The molecule has 3 aromatic rings. The molecular formula is C19H20N4O2S. The molecule has 4 rings (SSSR count). The fourth-order valence-electron chi connectivity index (χ4n) is 3.18. The summed E-state index contributed by atoms with van der Waals surface area (Å²) < 4.78 is 2.89. The largest absolute Gasteiger partial charge is 0.341 e. The van der Waals surface area contributed by atoms with Crippen molar-refractivity contribution in [1.82, 2.24) is 19.8 Å². The number of carbonyl (C=O) groups excluding carboxylic acids is 2. The summed E-state index contributed by atoms with van der Waals surface area (Å²) >= 11 is 1.53. The van der Waals surface area contributed by atoms with Gasteiger partial charge in [0.15, 0.2) is 5.13 Å². The van der Waals surface area contributed by atoms with Gasteiger partial charge in [-0.05, 0) is 50.1 Å². The molecule has 0 aliphatic carbocycles. The Bertz CT molecular complexity index is 942. The molecule has 1 fully saturated rings. The maximum absolute atomic E-state index is 12.6. The van der Waals surface area contributed by atoms with Crippen LogP contribution in [0.15, 0.2) is 42.7 Å². The molecule has 7 heteroatoms. The molecule has 2 aromatic heterocycles. The first kappa shape index (κ1) is 16.8. The average Bonchev–Trinajstić information content (AvgIpc) is 3.41. The normalized spacial score (nSPS) is 15.3. The molecule has 2 amide bonds. The van der Waals surface area contributed by atoms with Crippen LogP contribution in [-0.2, 0) is 4.79 Å². The number of hydrogen-bond donors (Lipinski definition) is 1. The van der Waals surface area contributed by atoms with Crippen LogP contribution in [0.25, 0.3) is 15.3 Å². The molecule has 134 valence electrons. The third-order valence-electron chi connectivity index (χ3n) is 4.60. The second kappa shape index (κ2) is 6.92. The molecule has 1 atom stereocenters. The lowest BCUT2D eigenvalue weighted by molar-refractivity contribution is -0.131. The number of likely N-dealkylation sites (tertiary alicyclic amines) is 1. The van der Waals surface area contributed by atoms with E-state index in [1.165, 1.54) is 11.3 Å². The van der Waals surface area contributed by atoms with Crippen LogP contribution in [-0.4, -0.2) is 45.4 Å². The number of aromatic nitrogens is 2. The molecule has 1 aliphatic rings. The van der Waals surface area contributed by atoms with Gasteiger partial charge >= 0.3 is 0 Å². The van der Waals surface area contributed by atoms with Crippen LogP contribution >= 0.6 is 11.3 Å². The summed E-state index contributed by atoms with van der Waals surface area (Å²) in [7, 11) is 0. The molecule has 26 heavy (non-hydrogen) atoms. The number of nitrogens with zero attached hydrogens (tertiary/aromatic N) is 3. The maximum Gasteiger partial charge on any atom is 0.251 e. The van der Waals surface area contributed by atoms with E-state index in [4.69, 9.17) is 0 Å². The smallest absolute Gasteiger partial charge is 0.251 e. The Labute approximate surface area is 155 Å². The molecule has 1 N–H and O–H groups in total. The molecule has 0 spiro atoms. The molecule has 0 radical (unpaired) electrons. The number of hydrogen-bond acceptors (Lipinski definition) is 4. The van der Waals surface area contributed by atoms with E-state index in [2.05, 4.69) is 10.3 Å². The van der Waals surface area contributed by atoms with Gasteiger partial charge in [-0.15, -0.1) is 0 Å². The SMILES string of the molecule is CC(NC(=O)c1ccc2nc(-n3cccc3)sc2c1)C(=O)N1CCCC1. The number of amides is 2. The zero-order chi connectivity index (χ0) is 18.1. The number of carbonyl (C=O) groups is 2. The molecule has 1 aliphatic heterocycles. The number of nitrogens with one attached hydrogen (secondary N) is 1. The van der Waals surface area contributed by atoms with Crippen molar-refractivity contribution in [2.45, 2.75) is 25.8 Å². The van der Waals surface area contributed by atoms with Gasteiger partial charge in [0, 0.05) is 31.0 Å². The van der Waals surface area contributed by atoms with Crippen molar-refractivity contribution in [3.63, 3.8) is 0 Å². The van der Waals surface area contributed by atoms with Gasteiger partial charge in [-0.1, -0.05) is 11.3 Å². The van der Waals surface area contributed by atoms with E-state index >= 15 is 0 Å². The zero-order valence-electron chi connectivity index (χ0n) is 14.5. The van der Waals surface area contributed by atoms with Crippen LogP contribution in [0.4, 0.5) is 0 Å². The first-order valence-corrected chi connectivity index (χ1v) is 9.57. The Hall–Kier alpha value is -2.67. The molecule has 1 unspecified atom stereocenters. The fourth-order valence-corrected chi connectivity index (χ4v) is 4.15. The van der Waals surface area contributed by atoms with Crippen molar-refractivity contribution in [2.24, 2.45) is 0 Å². The Morgan fingerprint density at radius 1 is 1.19 bits per heavy atom. The Morgan fingerprint density at radius 3 is 2.65 bits per heavy atom. The number of benzene rings is 1. The highest BCUT2D eigenvalue weighted by Crippen LogP contribution is 2.26. The fraction of sp³-hybridized carbons (Fsp3) is 0.316. The van der Waals surface area contributed by atoms with Crippen LogP contribution in [0.5, 0.6) is 0 Å². The second-order valence-electron chi connectivity index (χ2n) is 6.50. The van der Waals surface area contributed by atoms with Gasteiger partial charge in [0.1, 0.15) is 6.04 Å². The summed E-state index contributed by atoms with van der Waals surface area (Å²) in [5, 5.41) is 3.68. The highest BCUT2D eigenvalue weighted by molar-refractivity contribution is 7.20. The van der Waals surface area contributed by atoms with E-state index in [0.29, 0.717) is 5.56 Å². The summed E-state index contributed by atoms with van der Waals surface area (Å²) in [6.45, 7) is 3.32. The van der Waals surface area contributed by atoms with Gasteiger partial charge in [-0.2, -0.15) is 0 Å². The summed E-state index contributed by atoms with van der Waals surface area (Å²) in [6, 6.07) is 8.81. The number of thiazole rings is 1. The lowest BCUT2D eigenvalue weighted by Crippen LogP contribution is -2.45. The van der Waals surface area contributed by atoms with Crippen LogP contribution < -0.4 is 5.32 Å². The van der Waals surface area contributed by atoms with E-state index in [1.54, 1.807) is 13.0 Å². The summed E-state index contributed by atoms with van der Waals surface area (Å²) in [5.41, 5.74) is 1.40. The van der Waals surface area contributed by atoms with E-state index in [9.17, 15) is 9.59 Å². The first-order chi connectivity index (χ1) is 12.6. The molecule has 3 heterocycles. The van der Waals surface area contributed by atoms with Crippen molar-refractivity contribution in [2.75, 3.05) is 13.1 Å². The molecular weight excluding hydrogens is 348 g/mol. The standard InChI is InChI=1S/C19H20N4O2S/c1-13(18(25)22-8-2-3-9-22)20-17(24)14-6-7-15-16(12-14)26-19(21-15)23-10-4-5-11-23/h4-7,10-13H,2-3,8-9H2,1H3,(H,20,24). The van der Waals surface area contributed by atoms with Crippen LogP contribution in [0.3, 0.4) is 0 Å². The van der Waals surface area contributed by atoms with Gasteiger partial charge in [-0.3, -0.25) is 9.59 Å². The van der Waals surface area contributed by atoms with E-state index in [0.717, 1.165) is 41.3 Å². The van der Waals surface area contributed by atoms with Crippen molar-refractivity contribution < 1.29 is 9.59 Å². The lowest BCUT2D eigenvalue weighted by Gasteiger charge is -2.21. The van der Waals surface area contributed by atoms with Gasteiger partial charge in [0.05, 0.1) is 10.2 Å². The van der Waals surface area contributed by atoms with Crippen LogP contribution in [0.2, 0.25) is 0 Å². The number of fused-ring (bicyclic) bond motifs is 1. The summed E-state index contributed by atoms with van der Waals surface area (Å²) in [6.07, 6.45) is 5.96. The quantitative estimate of drug-likeness (QED) is 0.770. The van der Waals surface area contributed by atoms with Crippen molar-refractivity contribution >= 4 is 33.4 Å². The zero-order valence-corrected chi connectivity index (χ0v) is 15.3. The highest BCUT2D eigenvalue weighted by Gasteiger charge is 2.24. The van der Waals surface area contributed by atoms with Gasteiger partial charge in [0.25, 0.3) is 5.91 Å². The minimum Gasteiger partial charge on any atom is -0.341 e. The molecule has 0 bridgehead atoms. The summed E-state index contributed by atoms with van der Waals surface area (Å²) in [4.78, 5) is 31.3. The minimum absolute atomic E-state index is 0.00962. The number of rotatable bonds is 4. The Balaban J connectivity index is 1.50. The second-order valence-corrected chi connectivity index (χ2v) is 7.51. The average molecular weight is 368 g/mol. The Morgan fingerprint density at radius 2 is 1.92 bits per heavy atom. The molecule has 1 saturated heterocycles. The highest BCUT2D eigenvalue weighted by atomic mass is 32.1. The third-order valence-corrected chi connectivity index (χ3v) is 5.63. The molecule has 6 nitrogen and oxygen atoms in total. The van der Waals surface area contributed by atoms with Crippen molar-refractivity contribution in [3.05, 3.63) is 48.3 Å². The van der Waals surface area contributed by atoms with Crippen LogP contribution in [0, 0.1) is 0 Å². The van der Waals surface area contributed by atoms with Gasteiger partial charge in [0.2, 0.25) is 5.91 Å². The third kappa shape index (κ3) is 3.22. The van der Waals surface area contributed by atoms with Crippen molar-refractivity contribution in [3.8, 4) is 5.13 Å². The first-order valence-electron chi connectivity index (χ1n) is 8.75. The maximum atomic E-state index is 12.6. The summed E-state index contributed by atoms with van der Waals surface area (Å²) in [5.74, 6) is -0.243. The minimum atomic E-state index is -0.520. The predicted octanol–water partition coefficient (Wildman–Crippen LogP) is 2.83. The van der Waals surface area contributed by atoms with E-state index < -0.39 is 6.04 Å². The van der Waals surface area contributed by atoms with Crippen molar-refractivity contribution in [1.29, 1.82) is 0 Å². The predicted molar refractivity (Wildman–Crippen MR) is 102 cm³/mol. The van der Waals surface area contributed by atoms with Gasteiger partial charge < -0.3 is 14.8 Å².